The lowest BCUT2D eigenvalue weighted by Gasteiger charge is -2.04. The van der Waals surface area contributed by atoms with Gasteiger partial charge in [0.05, 0.1) is 6.54 Å². The highest BCUT2D eigenvalue weighted by atomic mass is 35.5. The molecule has 1 heterocycles. The Morgan fingerprint density at radius 2 is 2.14 bits per heavy atom. The van der Waals surface area contributed by atoms with Gasteiger partial charge in [-0.3, -0.25) is 0 Å². The van der Waals surface area contributed by atoms with Crippen LogP contribution in [-0.2, 0) is 11.3 Å². The highest BCUT2D eigenvalue weighted by molar-refractivity contribution is 6.30. The second-order valence-electron chi connectivity index (χ2n) is 4.55. The first-order valence-corrected chi connectivity index (χ1v) is 7.08. The fourth-order valence-electron chi connectivity index (χ4n) is 1.66. The fraction of sp³-hybridized carbons (Fsp3) is 0.176. The van der Waals surface area contributed by atoms with Crippen LogP contribution in [0, 0.1) is 18.8 Å². The first kappa shape index (κ1) is 15.9. The van der Waals surface area contributed by atoms with E-state index in [0.717, 1.165) is 16.7 Å². The largest absolute Gasteiger partial charge is 0.445 e. The normalized spacial score (nSPS) is 9.55. The van der Waals surface area contributed by atoms with E-state index in [4.69, 9.17) is 16.3 Å². The predicted molar refractivity (Wildman–Crippen MR) is 85.5 cm³/mol. The molecule has 1 aromatic heterocycles. The van der Waals surface area contributed by atoms with Crippen molar-refractivity contribution in [1.82, 2.24) is 10.3 Å². The molecular formula is C17H15ClN2O2. The Morgan fingerprint density at radius 1 is 1.36 bits per heavy atom. The van der Waals surface area contributed by atoms with E-state index in [0.29, 0.717) is 5.15 Å². The van der Waals surface area contributed by atoms with Crippen LogP contribution in [-0.4, -0.2) is 17.6 Å². The van der Waals surface area contributed by atoms with Crippen molar-refractivity contribution in [3.63, 3.8) is 0 Å². The van der Waals surface area contributed by atoms with Crippen LogP contribution in [0.5, 0.6) is 0 Å². The third-order valence-corrected chi connectivity index (χ3v) is 3.18. The second kappa shape index (κ2) is 8.06. The van der Waals surface area contributed by atoms with Crippen molar-refractivity contribution in [3.8, 4) is 11.8 Å². The molecule has 0 aliphatic carbocycles. The summed E-state index contributed by atoms with van der Waals surface area (Å²) in [5, 5.41) is 3.03. The molecule has 0 unspecified atom stereocenters. The Hall–Kier alpha value is -2.51. The Balaban J connectivity index is 1.75. The Labute approximate surface area is 134 Å². The molecule has 112 valence electrons. The molecule has 0 saturated carbocycles. The van der Waals surface area contributed by atoms with Gasteiger partial charge in [-0.25, -0.2) is 9.78 Å². The van der Waals surface area contributed by atoms with Crippen molar-refractivity contribution in [2.24, 2.45) is 0 Å². The van der Waals surface area contributed by atoms with E-state index in [1.165, 1.54) is 0 Å². The molecule has 0 bridgehead atoms. The quantitative estimate of drug-likeness (QED) is 0.698. The molecule has 1 amide bonds. The summed E-state index contributed by atoms with van der Waals surface area (Å²) in [5.41, 5.74) is 2.55. The van der Waals surface area contributed by atoms with Gasteiger partial charge >= 0.3 is 6.09 Å². The minimum atomic E-state index is -0.497. The number of halogens is 1. The van der Waals surface area contributed by atoms with E-state index in [2.05, 4.69) is 22.1 Å². The summed E-state index contributed by atoms with van der Waals surface area (Å²) in [7, 11) is 0. The molecule has 0 atom stereocenters. The minimum absolute atomic E-state index is 0.204. The summed E-state index contributed by atoms with van der Waals surface area (Å²) in [6.45, 7) is 2.30. The van der Waals surface area contributed by atoms with E-state index >= 15 is 0 Å². The summed E-state index contributed by atoms with van der Waals surface area (Å²) in [6.07, 6.45) is 1.10. The molecule has 4 nitrogen and oxygen atoms in total. The second-order valence-corrected chi connectivity index (χ2v) is 4.91. The molecule has 1 aromatic carbocycles. The van der Waals surface area contributed by atoms with Crippen LogP contribution in [0.15, 0.2) is 42.6 Å². The van der Waals surface area contributed by atoms with Crippen molar-refractivity contribution >= 4 is 17.7 Å². The smallest absolute Gasteiger partial charge is 0.408 e. The van der Waals surface area contributed by atoms with E-state index in [1.807, 2.05) is 43.3 Å². The monoisotopic (exact) mass is 314 g/mol. The average Bonchev–Trinajstić information content (AvgIpc) is 2.54. The number of carbonyl (C=O) groups excluding carboxylic acids is 1. The van der Waals surface area contributed by atoms with E-state index in [-0.39, 0.29) is 13.2 Å². The van der Waals surface area contributed by atoms with Crippen LogP contribution in [0.2, 0.25) is 5.15 Å². The lowest BCUT2D eigenvalue weighted by molar-refractivity contribution is 0.141. The molecule has 22 heavy (non-hydrogen) atoms. The zero-order valence-electron chi connectivity index (χ0n) is 12.1. The van der Waals surface area contributed by atoms with Gasteiger partial charge < -0.3 is 10.1 Å². The third kappa shape index (κ3) is 5.12. The van der Waals surface area contributed by atoms with Gasteiger partial charge in [-0.1, -0.05) is 53.8 Å². The predicted octanol–water partition coefficient (Wildman–Crippen LogP) is 3.32. The van der Waals surface area contributed by atoms with Gasteiger partial charge in [0, 0.05) is 11.8 Å². The average molecular weight is 315 g/mol. The molecule has 0 spiro atoms. The minimum Gasteiger partial charge on any atom is -0.445 e. The topological polar surface area (TPSA) is 51.2 Å². The maximum absolute atomic E-state index is 11.5. The number of carbonyl (C=O) groups is 1. The molecule has 0 aliphatic heterocycles. The summed E-state index contributed by atoms with van der Waals surface area (Å²) < 4.78 is 5.07. The number of amides is 1. The van der Waals surface area contributed by atoms with Crippen molar-refractivity contribution in [1.29, 1.82) is 0 Å². The van der Waals surface area contributed by atoms with Gasteiger partial charge in [-0.2, -0.15) is 0 Å². The molecule has 0 saturated heterocycles. The van der Waals surface area contributed by atoms with Crippen molar-refractivity contribution in [2.45, 2.75) is 13.5 Å². The molecule has 1 N–H and O–H groups in total. The van der Waals surface area contributed by atoms with Gasteiger partial charge in [-0.15, -0.1) is 0 Å². The molecule has 2 aromatic rings. The summed E-state index contributed by atoms with van der Waals surface area (Å²) in [5.74, 6) is 5.73. The highest BCUT2D eigenvalue weighted by Gasteiger charge is 2.00. The first-order chi connectivity index (χ1) is 10.6. The van der Waals surface area contributed by atoms with Gasteiger partial charge in [0.2, 0.25) is 0 Å². The number of hydrogen-bond donors (Lipinski definition) is 1. The van der Waals surface area contributed by atoms with Gasteiger partial charge in [0.25, 0.3) is 0 Å². The lowest BCUT2D eigenvalue weighted by atomic mass is 10.2. The lowest BCUT2D eigenvalue weighted by Crippen LogP contribution is -2.24. The van der Waals surface area contributed by atoms with E-state index in [1.54, 1.807) is 6.20 Å². The number of benzene rings is 1. The molecular weight excluding hydrogens is 300 g/mol. The Bertz CT molecular complexity index is 706. The Morgan fingerprint density at radius 3 is 2.86 bits per heavy atom. The molecule has 5 heteroatoms. The van der Waals surface area contributed by atoms with Crippen LogP contribution in [0.3, 0.4) is 0 Å². The van der Waals surface area contributed by atoms with Crippen LogP contribution in [0.4, 0.5) is 4.79 Å². The Kier molecular flexibility index (Phi) is 5.81. The SMILES string of the molecule is Cc1cc(C#CCNC(=O)OCc2ccccc2)cnc1Cl. The fourth-order valence-corrected chi connectivity index (χ4v) is 1.77. The summed E-state index contributed by atoms with van der Waals surface area (Å²) in [4.78, 5) is 15.5. The number of aryl methyl sites for hydroxylation is 1. The van der Waals surface area contributed by atoms with Crippen molar-refractivity contribution in [3.05, 3.63) is 64.4 Å². The number of nitrogens with one attached hydrogen (secondary N) is 1. The summed E-state index contributed by atoms with van der Waals surface area (Å²) in [6, 6.07) is 11.3. The van der Waals surface area contributed by atoms with E-state index in [9.17, 15) is 4.79 Å². The zero-order chi connectivity index (χ0) is 15.8. The maximum atomic E-state index is 11.5. The van der Waals surface area contributed by atoms with Crippen LogP contribution >= 0.6 is 11.6 Å². The maximum Gasteiger partial charge on any atom is 0.408 e. The first-order valence-electron chi connectivity index (χ1n) is 6.71. The van der Waals surface area contributed by atoms with Gasteiger partial charge in [-0.05, 0) is 24.1 Å². The number of ether oxygens (including phenoxy) is 1. The van der Waals surface area contributed by atoms with Crippen LogP contribution in [0.1, 0.15) is 16.7 Å². The van der Waals surface area contributed by atoms with Crippen molar-refractivity contribution in [2.75, 3.05) is 6.54 Å². The van der Waals surface area contributed by atoms with Gasteiger partial charge in [0.15, 0.2) is 0 Å². The van der Waals surface area contributed by atoms with Gasteiger partial charge in [0.1, 0.15) is 11.8 Å². The van der Waals surface area contributed by atoms with Crippen molar-refractivity contribution < 1.29 is 9.53 Å². The number of rotatable bonds is 3. The third-order valence-electron chi connectivity index (χ3n) is 2.78. The highest BCUT2D eigenvalue weighted by Crippen LogP contribution is 2.11. The number of pyridine rings is 1. The van der Waals surface area contributed by atoms with E-state index < -0.39 is 6.09 Å². The molecule has 0 fully saturated rings. The van der Waals surface area contributed by atoms with Crippen LogP contribution in [0.25, 0.3) is 0 Å². The molecule has 2 rings (SSSR count). The number of aromatic nitrogens is 1. The number of alkyl carbamates (subject to hydrolysis) is 1. The number of hydrogen-bond acceptors (Lipinski definition) is 3. The zero-order valence-corrected chi connectivity index (χ0v) is 12.9. The standard InChI is InChI=1S/C17H15ClN2O2/c1-13-10-15(11-20-16(13)18)8-5-9-19-17(21)22-12-14-6-3-2-4-7-14/h2-4,6-7,10-11H,9,12H2,1H3,(H,19,21). The van der Waals surface area contributed by atoms with Crippen LogP contribution < -0.4 is 5.32 Å². The summed E-state index contributed by atoms with van der Waals surface area (Å²) >= 11 is 5.84. The molecule has 0 radical (unpaired) electrons. The number of nitrogens with zero attached hydrogens (tertiary/aromatic N) is 1. The molecule has 0 aliphatic rings.